The molecule has 8 heteroatoms. The van der Waals surface area contributed by atoms with Crippen molar-refractivity contribution in [1.29, 1.82) is 0 Å². The largest absolute Gasteiger partial charge is 1.00 e. The van der Waals surface area contributed by atoms with Crippen molar-refractivity contribution in [3.05, 3.63) is 104 Å². The van der Waals surface area contributed by atoms with Gasteiger partial charge in [0.25, 0.3) is 0 Å². The molecule has 0 aliphatic rings. The Morgan fingerprint density at radius 3 is 2.21 bits per heavy atom. The SMILES string of the molecule is Cn1cc[n+](Cc2ccc(C(=O)ON=c3c(=O)c4ccccc4c3=O)cc2)c1.[Cl-]. The molecule has 0 spiro atoms. The highest BCUT2D eigenvalue weighted by atomic mass is 35.5. The van der Waals surface area contributed by atoms with Crippen LogP contribution in [-0.4, -0.2) is 10.5 Å². The number of hydrogen-bond acceptors (Lipinski definition) is 5. The average Bonchev–Trinajstić information content (AvgIpc) is 3.22. The van der Waals surface area contributed by atoms with Crippen LogP contribution in [0.2, 0.25) is 0 Å². The van der Waals surface area contributed by atoms with E-state index in [0.717, 1.165) is 5.56 Å². The van der Waals surface area contributed by atoms with E-state index in [2.05, 4.69) is 5.16 Å². The number of aromatic nitrogens is 2. The van der Waals surface area contributed by atoms with E-state index >= 15 is 0 Å². The van der Waals surface area contributed by atoms with Crippen LogP contribution in [0.15, 0.2) is 82.0 Å². The topological polar surface area (TPSA) is 81.6 Å². The molecule has 0 radical (unpaired) electrons. The first-order valence-corrected chi connectivity index (χ1v) is 8.60. The zero-order valence-electron chi connectivity index (χ0n) is 15.4. The number of hydrogen-bond donors (Lipinski definition) is 0. The summed E-state index contributed by atoms with van der Waals surface area (Å²) in [6.45, 7) is 0.666. The van der Waals surface area contributed by atoms with Gasteiger partial charge in [0.2, 0.25) is 17.2 Å². The molecule has 1 heterocycles. The minimum Gasteiger partial charge on any atom is -1.00 e. The fourth-order valence-corrected chi connectivity index (χ4v) is 3.01. The second kappa shape index (κ2) is 8.20. The highest BCUT2D eigenvalue weighted by Gasteiger charge is 2.13. The highest BCUT2D eigenvalue weighted by molar-refractivity contribution is 5.89. The van der Waals surface area contributed by atoms with Gasteiger partial charge in [-0.25, -0.2) is 13.9 Å². The normalized spacial score (nSPS) is 10.5. The molecule has 3 aromatic carbocycles. The lowest BCUT2D eigenvalue weighted by molar-refractivity contribution is -0.687. The first-order chi connectivity index (χ1) is 13.5. The van der Waals surface area contributed by atoms with Crippen LogP contribution in [0, 0.1) is 0 Å². The maximum absolute atomic E-state index is 12.2. The molecule has 0 aliphatic heterocycles. The molecule has 0 amide bonds. The fraction of sp³-hybridized carbons (Fsp3) is 0.0952. The van der Waals surface area contributed by atoms with Crippen LogP contribution < -0.4 is 33.2 Å². The number of rotatable bonds is 4. The Balaban J connectivity index is 0.00000240. The second-order valence-electron chi connectivity index (χ2n) is 6.47. The van der Waals surface area contributed by atoms with E-state index in [0.29, 0.717) is 6.54 Å². The predicted octanol–water partition coefficient (Wildman–Crippen LogP) is -2.21. The Morgan fingerprint density at radius 2 is 1.66 bits per heavy atom. The maximum atomic E-state index is 12.2. The summed E-state index contributed by atoms with van der Waals surface area (Å²) in [5.74, 6) is -0.733. The third-order valence-electron chi connectivity index (χ3n) is 4.44. The Kier molecular flexibility index (Phi) is 5.70. The smallest absolute Gasteiger partial charge is 0.365 e. The quantitative estimate of drug-likeness (QED) is 0.217. The van der Waals surface area contributed by atoms with E-state index < -0.39 is 16.8 Å². The summed E-state index contributed by atoms with van der Waals surface area (Å²) in [7, 11) is 1.94. The molecule has 4 aromatic rings. The fourth-order valence-electron chi connectivity index (χ4n) is 3.01. The molecule has 0 unspecified atom stereocenters. The van der Waals surface area contributed by atoms with Gasteiger partial charge in [0.15, 0.2) is 5.36 Å². The third-order valence-corrected chi connectivity index (χ3v) is 4.44. The molecule has 4 rings (SSSR count). The maximum Gasteiger partial charge on any atom is 0.365 e. The molecule has 1 aromatic heterocycles. The van der Waals surface area contributed by atoms with E-state index in [1.165, 1.54) is 0 Å². The highest BCUT2D eigenvalue weighted by Crippen LogP contribution is 2.06. The molecule has 29 heavy (non-hydrogen) atoms. The lowest BCUT2D eigenvalue weighted by Crippen LogP contribution is -3.00. The summed E-state index contributed by atoms with van der Waals surface area (Å²) in [5.41, 5.74) is 0.213. The van der Waals surface area contributed by atoms with Gasteiger partial charge in [-0.3, -0.25) is 9.59 Å². The van der Waals surface area contributed by atoms with E-state index in [9.17, 15) is 14.4 Å². The zero-order chi connectivity index (χ0) is 19.7. The van der Waals surface area contributed by atoms with Crippen molar-refractivity contribution in [2.24, 2.45) is 12.2 Å². The minimum atomic E-state index is -0.733. The van der Waals surface area contributed by atoms with Crippen molar-refractivity contribution in [3.63, 3.8) is 0 Å². The van der Waals surface area contributed by atoms with Crippen LogP contribution in [0.1, 0.15) is 15.9 Å². The number of nitrogens with zero attached hydrogens (tertiary/aromatic N) is 3. The summed E-state index contributed by atoms with van der Waals surface area (Å²) in [4.78, 5) is 41.5. The molecule has 0 bridgehead atoms. The minimum absolute atomic E-state index is 0. The van der Waals surface area contributed by atoms with Gasteiger partial charge in [0, 0.05) is 10.8 Å². The predicted molar refractivity (Wildman–Crippen MR) is 101 cm³/mol. The van der Waals surface area contributed by atoms with Gasteiger partial charge in [-0.2, -0.15) is 0 Å². The zero-order valence-corrected chi connectivity index (χ0v) is 16.2. The summed E-state index contributed by atoms with van der Waals surface area (Å²) in [6.07, 6.45) is 5.84. The first kappa shape index (κ1) is 20.2. The molecule has 7 nitrogen and oxygen atoms in total. The van der Waals surface area contributed by atoms with Crippen molar-refractivity contribution in [1.82, 2.24) is 4.57 Å². The first-order valence-electron chi connectivity index (χ1n) is 8.60. The number of halogens is 1. The molecule has 0 N–H and O–H groups in total. The van der Waals surface area contributed by atoms with Crippen molar-refractivity contribution in [2.45, 2.75) is 6.54 Å². The van der Waals surface area contributed by atoms with Crippen LogP contribution in [-0.2, 0) is 18.4 Å². The van der Waals surface area contributed by atoms with Crippen molar-refractivity contribution >= 4 is 16.7 Å². The molecule has 0 atom stereocenters. The van der Waals surface area contributed by atoms with Crippen LogP contribution in [0.5, 0.6) is 0 Å². The van der Waals surface area contributed by atoms with E-state index in [1.807, 2.05) is 47.0 Å². The van der Waals surface area contributed by atoms with Crippen LogP contribution >= 0.6 is 0 Å². The molecule has 0 saturated carbocycles. The van der Waals surface area contributed by atoms with Gasteiger partial charge < -0.3 is 17.2 Å². The number of carbonyl (C=O) groups is 1. The van der Waals surface area contributed by atoms with Gasteiger partial charge in [-0.05, 0) is 17.7 Å². The van der Waals surface area contributed by atoms with Crippen LogP contribution in [0.25, 0.3) is 10.8 Å². The van der Waals surface area contributed by atoms with E-state index in [-0.39, 0.29) is 34.1 Å². The number of fused-ring (bicyclic) bond motifs is 1. The van der Waals surface area contributed by atoms with Crippen LogP contribution in [0.4, 0.5) is 0 Å². The van der Waals surface area contributed by atoms with Gasteiger partial charge in [0.05, 0.1) is 12.6 Å². The standard InChI is InChI=1S/C21H16N3O4.ClH/c1-23-10-11-24(13-23)12-14-6-8-15(9-7-14)21(27)28-22-18-19(25)16-4-2-3-5-17(16)20(18)26;/h2-11,13H,12H2,1H3;1H/q+1;/p-1. The third kappa shape index (κ3) is 4.00. The van der Waals surface area contributed by atoms with Gasteiger partial charge in [-0.1, -0.05) is 41.6 Å². The van der Waals surface area contributed by atoms with Gasteiger partial charge in [0.1, 0.15) is 18.9 Å². The lowest BCUT2D eigenvalue weighted by Gasteiger charge is -2.00. The van der Waals surface area contributed by atoms with Crippen molar-refractivity contribution in [3.8, 4) is 0 Å². The van der Waals surface area contributed by atoms with Gasteiger partial charge in [-0.15, -0.1) is 0 Å². The Hall–Kier alpha value is -3.58. The van der Waals surface area contributed by atoms with E-state index in [1.54, 1.807) is 36.4 Å². The number of imidazole rings is 1. The van der Waals surface area contributed by atoms with Crippen LogP contribution in [0.3, 0.4) is 0 Å². The number of aryl methyl sites for hydroxylation is 1. The molecular weight excluding hydrogens is 394 g/mol. The Labute approximate surface area is 171 Å². The summed E-state index contributed by atoms with van der Waals surface area (Å²) in [6, 6.07) is 13.3. The molecule has 0 saturated heterocycles. The van der Waals surface area contributed by atoms with Crippen molar-refractivity contribution in [2.75, 3.05) is 0 Å². The molecule has 146 valence electrons. The van der Waals surface area contributed by atoms with E-state index in [4.69, 9.17) is 4.84 Å². The number of benzene rings is 2. The summed E-state index contributed by atoms with van der Waals surface area (Å²) >= 11 is 0. The molecule has 0 aliphatic carbocycles. The van der Waals surface area contributed by atoms with Crippen molar-refractivity contribution < 1.29 is 26.6 Å². The second-order valence-corrected chi connectivity index (χ2v) is 6.47. The summed E-state index contributed by atoms with van der Waals surface area (Å²) in [5, 5.41) is 3.68. The summed E-state index contributed by atoms with van der Waals surface area (Å²) < 4.78 is 3.95. The Morgan fingerprint density at radius 1 is 1.03 bits per heavy atom. The molecular formula is C21H16ClN3O4. The number of carbonyl (C=O) groups excluding carboxylic acids is 1. The lowest BCUT2D eigenvalue weighted by atomic mass is 10.1. The van der Waals surface area contributed by atoms with Gasteiger partial charge >= 0.3 is 5.97 Å². The molecule has 0 fully saturated rings. The Bertz CT molecular complexity index is 1280. The average molecular weight is 410 g/mol. The monoisotopic (exact) mass is 409 g/mol.